The molecule has 2 aromatic rings. The van der Waals surface area contributed by atoms with Crippen molar-refractivity contribution in [1.82, 2.24) is 10.3 Å². The number of nitrogens with zero attached hydrogens (tertiary/aromatic N) is 2. The minimum atomic E-state index is -4.56. The number of nitrogen functional groups attached to an aromatic ring is 1. The van der Waals surface area contributed by atoms with Gasteiger partial charge in [0, 0.05) is 0 Å². The first-order chi connectivity index (χ1) is 9.38. The van der Waals surface area contributed by atoms with E-state index in [0.717, 1.165) is 12.1 Å². The van der Waals surface area contributed by atoms with Gasteiger partial charge < -0.3 is 11.1 Å². The second-order valence-corrected chi connectivity index (χ2v) is 3.86. The molecule has 1 amide bonds. The van der Waals surface area contributed by atoms with Crippen LogP contribution in [-0.4, -0.2) is 16.2 Å². The van der Waals surface area contributed by atoms with E-state index in [4.69, 9.17) is 5.73 Å². The van der Waals surface area contributed by atoms with Crippen molar-refractivity contribution in [1.29, 1.82) is 0 Å². The van der Waals surface area contributed by atoms with E-state index in [-0.39, 0.29) is 23.6 Å². The standard InChI is InChI=1S/C11H9F3N4O2/c12-11(13,14)6-3-1-2-4-7(6)16-9(19)5-8-10(15)18-20-17-8/h1-4H,5H2,(H2,15,18)(H,16,19). The van der Waals surface area contributed by atoms with E-state index in [1.165, 1.54) is 12.1 Å². The van der Waals surface area contributed by atoms with Gasteiger partial charge in [-0.1, -0.05) is 17.3 Å². The van der Waals surface area contributed by atoms with Gasteiger partial charge in [-0.15, -0.1) is 0 Å². The zero-order chi connectivity index (χ0) is 14.8. The molecule has 0 spiro atoms. The fourth-order valence-corrected chi connectivity index (χ4v) is 1.52. The number of anilines is 2. The molecule has 0 aliphatic heterocycles. The first-order valence-corrected chi connectivity index (χ1v) is 5.41. The maximum absolute atomic E-state index is 12.7. The molecule has 0 aliphatic rings. The summed E-state index contributed by atoms with van der Waals surface area (Å²) in [5, 5.41) is 8.80. The smallest absolute Gasteiger partial charge is 0.379 e. The Morgan fingerprint density at radius 2 is 2.00 bits per heavy atom. The quantitative estimate of drug-likeness (QED) is 0.898. The molecule has 0 aliphatic carbocycles. The maximum Gasteiger partial charge on any atom is 0.418 e. The van der Waals surface area contributed by atoms with Crippen LogP contribution in [0.4, 0.5) is 24.7 Å². The number of rotatable bonds is 3. The highest BCUT2D eigenvalue weighted by molar-refractivity contribution is 5.93. The fourth-order valence-electron chi connectivity index (χ4n) is 1.52. The molecule has 6 nitrogen and oxygen atoms in total. The number of nitrogens with one attached hydrogen (secondary N) is 1. The second kappa shape index (κ2) is 5.19. The summed E-state index contributed by atoms with van der Waals surface area (Å²) in [6.07, 6.45) is -4.89. The molecule has 3 N–H and O–H groups in total. The molecule has 1 aromatic heterocycles. The average molecular weight is 286 g/mol. The number of benzene rings is 1. The van der Waals surface area contributed by atoms with E-state index in [1.54, 1.807) is 0 Å². The lowest BCUT2D eigenvalue weighted by atomic mass is 10.1. The largest absolute Gasteiger partial charge is 0.418 e. The van der Waals surface area contributed by atoms with Gasteiger partial charge >= 0.3 is 6.18 Å². The molecule has 9 heteroatoms. The highest BCUT2D eigenvalue weighted by atomic mass is 19.4. The second-order valence-electron chi connectivity index (χ2n) is 3.86. The van der Waals surface area contributed by atoms with E-state index in [2.05, 4.69) is 20.3 Å². The number of hydrogen-bond donors (Lipinski definition) is 2. The van der Waals surface area contributed by atoms with E-state index in [0.29, 0.717) is 0 Å². The minimum Gasteiger partial charge on any atom is -0.379 e. The lowest BCUT2D eigenvalue weighted by Crippen LogP contribution is -2.18. The van der Waals surface area contributed by atoms with Crippen LogP contribution < -0.4 is 11.1 Å². The molecule has 1 aromatic carbocycles. The van der Waals surface area contributed by atoms with Crippen molar-refractivity contribution in [2.45, 2.75) is 12.6 Å². The van der Waals surface area contributed by atoms with Crippen LogP contribution in [0.2, 0.25) is 0 Å². The molecule has 0 atom stereocenters. The van der Waals surface area contributed by atoms with Crippen molar-refractivity contribution in [3.05, 3.63) is 35.5 Å². The summed E-state index contributed by atoms with van der Waals surface area (Å²) in [5.41, 5.74) is 4.15. The molecule has 2 rings (SSSR count). The Balaban J connectivity index is 2.15. The number of alkyl halides is 3. The number of nitrogens with two attached hydrogens (primary N) is 1. The Morgan fingerprint density at radius 3 is 2.60 bits per heavy atom. The zero-order valence-electron chi connectivity index (χ0n) is 9.94. The van der Waals surface area contributed by atoms with Gasteiger partial charge in [-0.05, 0) is 17.3 Å². The summed E-state index contributed by atoms with van der Waals surface area (Å²) in [4.78, 5) is 11.7. The number of carbonyl (C=O) groups excluding carboxylic acids is 1. The monoisotopic (exact) mass is 286 g/mol. The summed E-state index contributed by atoms with van der Waals surface area (Å²) >= 11 is 0. The lowest BCUT2D eigenvalue weighted by molar-refractivity contribution is -0.137. The van der Waals surface area contributed by atoms with Gasteiger partial charge in [-0.3, -0.25) is 4.79 Å². The number of aromatic nitrogens is 2. The van der Waals surface area contributed by atoms with Gasteiger partial charge in [-0.25, -0.2) is 4.63 Å². The highest BCUT2D eigenvalue weighted by Gasteiger charge is 2.33. The number of carbonyl (C=O) groups is 1. The molecule has 0 saturated heterocycles. The molecule has 0 fully saturated rings. The van der Waals surface area contributed by atoms with Crippen molar-refractivity contribution < 1.29 is 22.6 Å². The summed E-state index contributed by atoms with van der Waals surface area (Å²) < 4.78 is 42.5. The third-order valence-corrected chi connectivity index (χ3v) is 2.42. The predicted molar refractivity (Wildman–Crippen MR) is 62.5 cm³/mol. The van der Waals surface area contributed by atoms with Gasteiger partial charge in [0.2, 0.25) is 5.91 Å². The Morgan fingerprint density at radius 1 is 1.30 bits per heavy atom. The van der Waals surface area contributed by atoms with Crippen LogP contribution in [0.5, 0.6) is 0 Å². The SMILES string of the molecule is Nc1nonc1CC(=O)Nc1ccccc1C(F)(F)F. The van der Waals surface area contributed by atoms with E-state index >= 15 is 0 Å². The van der Waals surface area contributed by atoms with Crippen LogP contribution in [0.3, 0.4) is 0 Å². The first-order valence-electron chi connectivity index (χ1n) is 5.41. The van der Waals surface area contributed by atoms with Crippen molar-refractivity contribution in [2.24, 2.45) is 0 Å². The summed E-state index contributed by atoms with van der Waals surface area (Å²) in [6.45, 7) is 0. The number of para-hydroxylation sites is 1. The maximum atomic E-state index is 12.7. The molecule has 1 heterocycles. The third kappa shape index (κ3) is 3.05. The van der Waals surface area contributed by atoms with Crippen molar-refractivity contribution in [3.63, 3.8) is 0 Å². The molecule has 0 unspecified atom stereocenters. The van der Waals surface area contributed by atoms with Gasteiger partial charge in [0.25, 0.3) is 0 Å². The predicted octanol–water partition coefficient (Wildman–Crippen LogP) is 1.85. The molecule has 0 bridgehead atoms. The molecule has 106 valence electrons. The van der Waals surface area contributed by atoms with Crippen LogP contribution in [0.15, 0.2) is 28.9 Å². The van der Waals surface area contributed by atoms with Crippen LogP contribution in [-0.2, 0) is 17.4 Å². The van der Waals surface area contributed by atoms with Crippen LogP contribution >= 0.6 is 0 Å². The lowest BCUT2D eigenvalue weighted by Gasteiger charge is -2.13. The first kappa shape index (κ1) is 13.8. The fraction of sp³-hybridized carbons (Fsp3) is 0.182. The van der Waals surface area contributed by atoms with Gasteiger partial charge in [0.05, 0.1) is 17.7 Å². The summed E-state index contributed by atoms with van der Waals surface area (Å²) in [7, 11) is 0. The van der Waals surface area contributed by atoms with Crippen LogP contribution in [0.1, 0.15) is 11.3 Å². The molecule has 0 saturated carbocycles. The Hall–Kier alpha value is -2.58. The topological polar surface area (TPSA) is 94.0 Å². The van der Waals surface area contributed by atoms with E-state index in [1.807, 2.05) is 0 Å². The number of halogens is 3. The third-order valence-electron chi connectivity index (χ3n) is 2.42. The van der Waals surface area contributed by atoms with Crippen LogP contribution in [0, 0.1) is 0 Å². The average Bonchev–Trinajstić information content (AvgIpc) is 2.74. The summed E-state index contributed by atoms with van der Waals surface area (Å²) in [5.74, 6) is -0.784. The van der Waals surface area contributed by atoms with E-state index in [9.17, 15) is 18.0 Å². The summed E-state index contributed by atoms with van der Waals surface area (Å²) in [6, 6.07) is 4.65. The Labute approximate surface area is 110 Å². The van der Waals surface area contributed by atoms with Gasteiger partial charge in [-0.2, -0.15) is 13.2 Å². The zero-order valence-corrected chi connectivity index (χ0v) is 9.94. The van der Waals surface area contributed by atoms with Gasteiger partial charge in [0.1, 0.15) is 5.69 Å². The highest BCUT2D eigenvalue weighted by Crippen LogP contribution is 2.34. The van der Waals surface area contributed by atoms with Crippen molar-refractivity contribution >= 4 is 17.4 Å². The van der Waals surface area contributed by atoms with Gasteiger partial charge in [0.15, 0.2) is 5.82 Å². The van der Waals surface area contributed by atoms with Crippen LogP contribution in [0.25, 0.3) is 0 Å². The normalized spacial score (nSPS) is 11.3. The Bertz CT molecular complexity index is 624. The van der Waals surface area contributed by atoms with Crippen molar-refractivity contribution in [2.75, 3.05) is 11.1 Å². The molecule has 0 radical (unpaired) electrons. The van der Waals surface area contributed by atoms with E-state index < -0.39 is 17.6 Å². The van der Waals surface area contributed by atoms with Crippen molar-refractivity contribution in [3.8, 4) is 0 Å². The number of hydrogen-bond acceptors (Lipinski definition) is 5. The molecular weight excluding hydrogens is 277 g/mol. The minimum absolute atomic E-state index is 0.0620. The molecular formula is C11H9F3N4O2. The molecule has 20 heavy (non-hydrogen) atoms. The Kier molecular flexibility index (Phi) is 3.59. The number of amides is 1.